The maximum absolute atomic E-state index is 13.5. The lowest BCUT2D eigenvalue weighted by molar-refractivity contribution is -0.137. The number of aromatic nitrogens is 3. The molecule has 3 heterocycles. The normalized spacial score (nSPS) is 24.3. The largest absolute Gasteiger partial charge is 0.493 e. The number of benzene rings is 2. The first-order valence-electron chi connectivity index (χ1n) is 12.2. The minimum atomic E-state index is -4.46. The molecule has 2 fully saturated rings. The van der Waals surface area contributed by atoms with Gasteiger partial charge < -0.3 is 19.5 Å². The van der Waals surface area contributed by atoms with Gasteiger partial charge in [0, 0.05) is 23.6 Å². The van der Waals surface area contributed by atoms with E-state index in [0.29, 0.717) is 41.9 Å². The molecular formula is C26H25ClF3N5O2. The first-order valence-corrected chi connectivity index (χ1v) is 12.6. The summed E-state index contributed by atoms with van der Waals surface area (Å²) in [5, 5.41) is 12.5. The molecule has 0 radical (unpaired) electrons. The van der Waals surface area contributed by atoms with Crippen molar-refractivity contribution in [2.75, 3.05) is 13.2 Å². The molecule has 1 saturated carbocycles. The van der Waals surface area contributed by atoms with Gasteiger partial charge in [-0.15, -0.1) is 10.2 Å². The lowest BCUT2D eigenvalue weighted by atomic mass is 9.98. The number of nitrogens with zero attached hydrogens (tertiary/aromatic N) is 4. The Hall–Kier alpha value is -3.27. The fourth-order valence-electron chi connectivity index (χ4n) is 5.54. The lowest BCUT2D eigenvalue weighted by Crippen LogP contribution is -2.44. The van der Waals surface area contributed by atoms with Crippen molar-refractivity contribution in [2.45, 2.75) is 44.6 Å². The molecule has 4 atom stereocenters. The predicted molar refractivity (Wildman–Crippen MR) is 129 cm³/mol. The molecule has 37 heavy (non-hydrogen) atoms. The van der Waals surface area contributed by atoms with E-state index in [9.17, 15) is 18.0 Å². The number of rotatable bonds is 4. The highest BCUT2D eigenvalue weighted by molar-refractivity contribution is 6.30. The predicted octanol–water partition coefficient (Wildman–Crippen LogP) is 5.53. The summed E-state index contributed by atoms with van der Waals surface area (Å²) in [5.41, 5.74) is 0.829. The van der Waals surface area contributed by atoms with Crippen molar-refractivity contribution in [1.29, 1.82) is 0 Å². The number of likely N-dealkylation sites (tertiary alicyclic amines) is 1. The van der Waals surface area contributed by atoms with Gasteiger partial charge in [0.1, 0.15) is 11.6 Å². The average molecular weight is 532 g/mol. The maximum atomic E-state index is 13.5. The van der Waals surface area contributed by atoms with E-state index >= 15 is 0 Å². The third-order valence-corrected chi connectivity index (χ3v) is 7.82. The highest BCUT2D eigenvalue weighted by Crippen LogP contribution is 2.56. The molecule has 6 rings (SSSR count). The van der Waals surface area contributed by atoms with Crippen molar-refractivity contribution in [2.24, 2.45) is 11.8 Å². The summed E-state index contributed by atoms with van der Waals surface area (Å²) in [7, 11) is 0. The first kappa shape index (κ1) is 24.1. The summed E-state index contributed by atoms with van der Waals surface area (Å²) in [4.78, 5) is 15.3. The molecule has 2 aromatic carbocycles. The van der Waals surface area contributed by atoms with Crippen LogP contribution < -0.4 is 10.1 Å². The Morgan fingerprint density at radius 1 is 1.19 bits per heavy atom. The molecule has 0 bridgehead atoms. The van der Waals surface area contributed by atoms with Crippen molar-refractivity contribution < 1.29 is 22.7 Å². The van der Waals surface area contributed by atoms with Gasteiger partial charge in [-0.3, -0.25) is 0 Å². The molecule has 2 amide bonds. The zero-order valence-corrected chi connectivity index (χ0v) is 20.8. The number of ether oxygens (including phenoxy) is 1. The molecule has 3 aromatic rings. The number of nitrogens with one attached hydrogen (secondary N) is 1. The van der Waals surface area contributed by atoms with Crippen LogP contribution in [0.1, 0.15) is 53.3 Å². The number of aryl methyl sites for hydroxylation is 1. The number of amides is 2. The topological polar surface area (TPSA) is 72.3 Å². The fourth-order valence-corrected chi connectivity index (χ4v) is 5.66. The minimum Gasteiger partial charge on any atom is -0.493 e. The Balaban J connectivity index is 1.23. The maximum Gasteiger partial charge on any atom is 0.416 e. The third-order valence-electron chi connectivity index (χ3n) is 7.57. The minimum absolute atomic E-state index is 0.158. The molecule has 194 valence electrons. The van der Waals surface area contributed by atoms with Crippen LogP contribution in [0.25, 0.3) is 0 Å². The van der Waals surface area contributed by atoms with E-state index in [1.165, 1.54) is 6.07 Å². The number of hydrogen-bond donors (Lipinski definition) is 1. The van der Waals surface area contributed by atoms with Crippen LogP contribution >= 0.6 is 11.6 Å². The summed E-state index contributed by atoms with van der Waals surface area (Å²) in [6.07, 6.45) is -2.96. The van der Waals surface area contributed by atoms with Crippen LogP contribution in [0.15, 0.2) is 42.5 Å². The molecule has 7 nitrogen and oxygen atoms in total. The first-order chi connectivity index (χ1) is 17.7. The summed E-state index contributed by atoms with van der Waals surface area (Å²) in [5.74, 6) is 2.39. The standard InChI is InChI=1S/C26H25ClF3N5O2/c1-14-32-33-24(34(14)12-15-2-5-18(27)6-3-15)23-20-10-16(20)13-35(23)25(36)31-21-8-9-37-22-11-17(26(28,29)30)4-7-19(21)22/h2-7,11,16,20-21,23H,8-10,12-13H2,1H3,(H,31,36)/t16?,20?,21-,23?/m0/s1. The van der Waals surface area contributed by atoms with Crippen molar-refractivity contribution in [3.63, 3.8) is 0 Å². The Labute approximate surface area is 216 Å². The summed E-state index contributed by atoms with van der Waals surface area (Å²) >= 11 is 6.04. The van der Waals surface area contributed by atoms with Gasteiger partial charge in [-0.05, 0) is 55.0 Å². The van der Waals surface area contributed by atoms with E-state index in [-0.39, 0.29) is 24.4 Å². The van der Waals surface area contributed by atoms with E-state index in [1.807, 2.05) is 35.8 Å². The third kappa shape index (κ3) is 4.52. The second-order valence-electron chi connectivity index (χ2n) is 9.96. The van der Waals surface area contributed by atoms with Crippen LogP contribution in [0, 0.1) is 18.8 Å². The number of carbonyl (C=O) groups excluding carboxylic acids is 1. The molecule has 1 saturated heterocycles. The highest BCUT2D eigenvalue weighted by Gasteiger charge is 2.56. The van der Waals surface area contributed by atoms with Crippen LogP contribution in [0.2, 0.25) is 5.02 Å². The zero-order chi connectivity index (χ0) is 25.9. The molecule has 3 aliphatic rings. The quantitative estimate of drug-likeness (QED) is 0.480. The summed E-state index contributed by atoms with van der Waals surface area (Å²) < 4.78 is 47.0. The van der Waals surface area contributed by atoms with Crippen molar-refractivity contribution in [1.82, 2.24) is 25.0 Å². The number of fused-ring (bicyclic) bond motifs is 2. The molecule has 1 aliphatic carbocycles. The SMILES string of the molecule is Cc1nnc(C2C3CC3CN2C(=O)N[C@H]2CCOc3cc(C(F)(F)F)ccc32)n1Cc1ccc(Cl)cc1. The van der Waals surface area contributed by atoms with Crippen LogP contribution in [-0.2, 0) is 12.7 Å². The van der Waals surface area contributed by atoms with Gasteiger partial charge in [-0.25, -0.2) is 4.79 Å². The zero-order valence-electron chi connectivity index (χ0n) is 20.0. The van der Waals surface area contributed by atoms with Crippen LogP contribution in [0.5, 0.6) is 5.75 Å². The van der Waals surface area contributed by atoms with Gasteiger partial charge in [-0.2, -0.15) is 13.2 Å². The van der Waals surface area contributed by atoms with Gasteiger partial charge in [-0.1, -0.05) is 29.8 Å². The smallest absolute Gasteiger partial charge is 0.416 e. The van der Waals surface area contributed by atoms with E-state index in [0.717, 1.165) is 35.8 Å². The molecule has 1 aromatic heterocycles. The molecule has 1 N–H and O–H groups in total. The lowest BCUT2D eigenvalue weighted by Gasteiger charge is -2.32. The van der Waals surface area contributed by atoms with E-state index in [1.54, 1.807) is 4.90 Å². The van der Waals surface area contributed by atoms with Gasteiger partial charge in [0.05, 0.1) is 30.8 Å². The van der Waals surface area contributed by atoms with E-state index < -0.39 is 17.8 Å². The number of piperidine rings is 1. The Bertz CT molecular complexity index is 1340. The van der Waals surface area contributed by atoms with Crippen molar-refractivity contribution in [3.8, 4) is 5.75 Å². The average Bonchev–Trinajstić information content (AvgIpc) is 3.40. The Morgan fingerprint density at radius 3 is 2.73 bits per heavy atom. The molecule has 11 heteroatoms. The van der Waals surface area contributed by atoms with Gasteiger partial charge in [0.15, 0.2) is 5.82 Å². The summed E-state index contributed by atoms with van der Waals surface area (Å²) in [6, 6.07) is 10.1. The van der Waals surface area contributed by atoms with Gasteiger partial charge >= 0.3 is 12.2 Å². The Kier molecular flexibility index (Phi) is 5.82. The van der Waals surface area contributed by atoms with Crippen LogP contribution in [-0.4, -0.2) is 38.8 Å². The van der Waals surface area contributed by atoms with Crippen LogP contribution in [0.3, 0.4) is 0 Å². The summed E-state index contributed by atoms with van der Waals surface area (Å²) in [6.45, 7) is 3.29. The number of urea groups is 1. The van der Waals surface area contributed by atoms with Crippen molar-refractivity contribution >= 4 is 17.6 Å². The second kappa shape index (κ2) is 8.93. The number of alkyl halides is 3. The molecule has 3 unspecified atom stereocenters. The number of hydrogen-bond acceptors (Lipinski definition) is 4. The second-order valence-corrected chi connectivity index (χ2v) is 10.4. The Morgan fingerprint density at radius 2 is 1.97 bits per heavy atom. The molecule has 0 spiro atoms. The number of halogens is 4. The van der Waals surface area contributed by atoms with E-state index in [2.05, 4.69) is 15.5 Å². The van der Waals surface area contributed by atoms with Crippen molar-refractivity contribution in [3.05, 3.63) is 75.8 Å². The fraction of sp³-hybridized carbons (Fsp3) is 0.423. The molecule has 2 aliphatic heterocycles. The number of carbonyl (C=O) groups is 1. The van der Waals surface area contributed by atoms with Crippen LogP contribution in [0.4, 0.5) is 18.0 Å². The monoisotopic (exact) mass is 531 g/mol. The van der Waals surface area contributed by atoms with Gasteiger partial charge in [0.2, 0.25) is 0 Å². The van der Waals surface area contributed by atoms with Gasteiger partial charge in [0.25, 0.3) is 0 Å². The van der Waals surface area contributed by atoms with E-state index in [4.69, 9.17) is 16.3 Å². The highest BCUT2D eigenvalue weighted by atomic mass is 35.5. The molecular weight excluding hydrogens is 507 g/mol.